The van der Waals surface area contributed by atoms with E-state index in [0.29, 0.717) is 11.4 Å². The van der Waals surface area contributed by atoms with Crippen molar-refractivity contribution in [3.63, 3.8) is 0 Å². The lowest BCUT2D eigenvalue weighted by molar-refractivity contribution is -0.140. The standard InChI is InChI=1S/C27H39N3O5S/c1-7-21(3)28-27(32)22(4)29(19-23-16-14-20(2)15-17-23)26(31)13-10-18-30(36(6,33)34)24-11-8-9-12-25(24)35-5/h8-9,11-12,14-17,21-22H,7,10,13,18-19H2,1-6H3,(H,28,32)/t21-,22+/m1/s1. The molecule has 0 aliphatic carbocycles. The largest absolute Gasteiger partial charge is 0.495 e. The molecule has 36 heavy (non-hydrogen) atoms. The number of methoxy groups -OCH3 is 1. The van der Waals surface area contributed by atoms with Gasteiger partial charge in [0, 0.05) is 25.6 Å². The van der Waals surface area contributed by atoms with Gasteiger partial charge in [0.05, 0.1) is 19.1 Å². The van der Waals surface area contributed by atoms with Crippen LogP contribution >= 0.6 is 0 Å². The number of sulfonamides is 1. The minimum Gasteiger partial charge on any atom is -0.495 e. The summed E-state index contributed by atoms with van der Waals surface area (Å²) in [4.78, 5) is 27.8. The quantitative estimate of drug-likeness (QED) is 0.435. The van der Waals surface area contributed by atoms with E-state index in [1.54, 1.807) is 36.1 Å². The summed E-state index contributed by atoms with van der Waals surface area (Å²) in [5, 5.41) is 2.95. The molecule has 0 spiro atoms. The predicted octanol–water partition coefficient (Wildman–Crippen LogP) is 3.88. The van der Waals surface area contributed by atoms with Gasteiger partial charge < -0.3 is 15.0 Å². The van der Waals surface area contributed by atoms with E-state index in [1.807, 2.05) is 45.0 Å². The van der Waals surface area contributed by atoms with Gasteiger partial charge in [-0.15, -0.1) is 0 Å². The normalized spacial score (nSPS) is 12.9. The van der Waals surface area contributed by atoms with E-state index in [4.69, 9.17) is 4.74 Å². The van der Waals surface area contributed by atoms with Gasteiger partial charge in [0.25, 0.3) is 0 Å². The van der Waals surface area contributed by atoms with Crippen LogP contribution in [-0.2, 0) is 26.2 Å². The van der Waals surface area contributed by atoms with E-state index < -0.39 is 16.1 Å². The van der Waals surface area contributed by atoms with Gasteiger partial charge in [-0.1, -0.05) is 48.9 Å². The van der Waals surface area contributed by atoms with Crippen molar-refractivity contribution in [1.82, 2.24) is 10.2 Å². The number of para-hydroxylation sites is 2. The van der Waals surface area contributed by atoms with Gasteiger partial charge in [0.1, 0.15) is 11.8 Å². The monoisotopic (exact) mass is 517 g/mol. The number of hydrogen-bond donors (Lipinski definition) is 1. The Balaban J connectivity index is 2.19. The van der Waals surface area contributed by atoms with Crippen LogP contribution in [0.1, 0.15) is 51.2 Å². The molecule has 0 aliphatic rings. The SMILES string of the molecule is CC[C@@H](C)NC(=O)[C@H](C)N(Cc1ccc(C)cc1)C(=O)CCCN(c1ccccc1OC)S(C)(=O)=O. The number of amides is 2. The summed E-state index contributed by atoms with van der Waals surface area (Å²) in [6, 6.07) is 14.0. The maximum absolute atomic E-state index is 13.4. The van der Waals surface area contributed by atoms with Crippen molar-refractivity contribution < 1.29 is 22.7 Å². The highest BCUT2D eigenvalue weighted by atomic mass is 32.2. The minimum absolute atomic E-state index is 0.000415. The number of carbonyl (C=O) groups excluding carboxylic acids is 2. The first kappa shape index (κ1) is 29.2. The van der Waals surface area contributed by atoms with Gasteiger partial charge in [0.2, 0.25) is 21.8 Å². The molecule has 2 atom stereocenters. The minimum atomic E-state index is -3.60. The summed E-state index contributed by atoms with van der Waals surface area (Å²) in [5.41, 5.74) is 2.45. The zero-order chi connectivity index (χ0) is 26.9. The van der Waals surface area contributed by atoms with Crippen molar-refractivity contribution in [2.24, 2.45) is 0 Å². The van der Waals surface area contributed by atoms with Crippen LogP contribution in [-0.4, -0.2) is 57.1 Å². The number of hydrogen-bond acceptors (Lipinski definition) is 5. The van der Waals surface area contributed by atoms with Gasteiger partial charge in [-0.3, -0.25) is 13.9 Å². The predicted molar refractivity (Wildman–Crippen MR) is 144 cm³/mol. The molecule has 2 amide bonds. The van der Waals surface area contributed by atoms with Crippen molar-refractivity contribution in [2.45, 2.75) is 65.6 Å². The van der Waals surface area contributed by atoms with E-state index in [9.17, 15) is 18.0 Å². The maximum Gasteiger partial charge on any atom is 0.242 e. The van der Waals surface area contributed by atoms with Gasteiger partial charge in [-0.25, -0.2) is 8.42 Å². The van der Waals surface area contributed by atoms with Crippen LogP contribution in [0.25, 0.3) is 0 Å². The van der Waals surface area contributed by atoms with Crippen LogP contribution in [0.5, 0.6) is 5.75 Å². The Morgan fingerprint density at radius 3 is 2.28 bits per heavy atom. The third-order valence-corrected chi connectivity index (χ3v) is 7.33. The number of aryl methyl sites for hydroxylation is 1. The van der Waals surface area contributed by atoms with Crippen molar-refractivity contribution in [1.29, 1.82) is 0 Å². The van der Waals surface area contributed by atoms with Gasteiger partial charge >= 0.3 is 0 Å². The molecule has 0 aliphatic heterocycles. The molecule has 0 saturated carbocycles. The van der Waals surface area contributed by atoms with E-state index in [1.165, 1.54) is 11.4 Å². The number of carbonyl (C=O) groups is 2. The number of ether oxygens (including phenoxy) is 1. The lowest BCUT2D eigenvalue weighted by atomic mass is 10.1. The molecule has 2 rings (SSSR count). The van der Waals surface area contributed by atoms with Crippen LogP contribution in [0.4, 0.5) is 5.69 Å². The fraction of sp³-hybridized carbons (Fsp3) is 0.481. The van der Waals surface area contributed by atoms with Crippen LogP contribution < -0.4 is 14.4 Å². The Labute approximate surface area is 215 Å². The zero-order valence-electron chi connectivity index (χ0n) is 22.2. The molecule has 0 unspecified atom stereocenters. The molecule has 0 heterocycles. The summed E-state index contributed by atoms with van der Waals surface area (Å²) < 4.78 is 31.6. The second kappa shape index (κ2) is 13.3. The third-order valence-electron chi connectivity index (χ3n) is 6.15. The molecule has 8 nitrogen and oxygen atoms in total. The first-order valence-electron chi connectivity index (χ1n) is 12.2. The number of anilines is 1. The third kappa shape index (κ3) is 8.26. The maximum atomic E-state index is 13.4. The molecule has 1 N–H and O–H groups in total. The van der Waals surface area contributed by atoms with Gasteiger partial charge in [-0.2, -0.15) is 0 Å². The average Bonchev–Trinajstić information content (AvgIpc) is 2.84. The topological polar surface area (TPSA) is 96.0 Å². The highest BCUT2D eigenvalue weighted by molar-refractivity contribution is 7.92. The molecular formula is C27H39N3O5S. The highest BCUT2D eigenvalue weighted by Crippen LogP contribution is 2.29. The number of rotatable bonds is 13. The summed E-state index contributed by atoms with van der Waals surface area (Å²) >= 11 is 0. The van der Waals surface area contributed by atoms with Gasteiger partial charge in [0.15, 0.2) is 0 Å². The molecular weight excluding hydrogens is 478 g/mol. The van der Waals surface area contributed by atoms with E-state index >= 15 is 0 Å². The lowest BCUT2D eigenvalue weighted by Gasteiger charge is -2.30. The lowest BCUT2D eigenvalue weighted by Crippen LogP contribution is -2.49. The molecule has 0 radical (unpaired) electrons. The van der Waals surface area contributed by atoms with Crippen LogP contribution in [0.15, 0.2) is 48.5 Å². The van der Waals surface area contributed by atoms with E-state index in [0.717, 1.165) is 23.8 Å². The molecule has 2 aromatic rings. The van der Waals surface area contributed by atoms with Crippen molar-refractivity contribution in [2.75, 3.05) is 24.2 Å². The summed E-state index contributed by atoms with van der Waals surface area (Å²) in [6.45, 7) is 8.02. The molecule has 2 aromatic carbocycles. The summed E-state index contributed by atoms with van der Waals surface area (Å²) in [6.07, 6.45) is 2.29. The second-order valence-corrected chi connectivity index (χ2v) is 11.0. The van der Waals surface area contributed by atoms with Crippen LogP contribution in [0.3, 0.4) is 0 Å². The van der Waals surface area contributed by atoms with Crippen LogP contribution in [0, 0.1) is 6.92 Å². The molecule has 0 saturated heterocycles. The second-order valence-electron chi connectivity index (χ2n) is 9.11. The van der Waals surface area contributed by atoms with Crippen LogP contribution in [0.2, 0.25) is 0 Å². The molecule has 9 heteroatoms. The highest BCUT2D eigenvalue weighted by Gasteiger charge is 2.27. The number of benzene rings is 2. The van der Waals surface area contributed by atoms with E-state index in [-0.39, 0.29) is 43.8 Å². The molecule has 198 valence electrons. The first-order chi connectivity index (χ1) is 17.0. The van der Waals surface area contributed by atoms with Crippen molar-refractivity contribution in [3.05, 3.63) is 59.7 Å². The van der Waals surface area contributed by atoms with Crippen molar-refractivity contribution in [3.8, 4) is 5.75 Å². The Hall–Kier alpha value is -3.07. The molecule has 0 fully saturated rings. The number of nitrogens with zero attached hydrogens (tertiary/aromatic N) is 2. The fourth-order valence-electron chi connectivity index (χ4n) is 3.76. The summed E-state index contributed by atoms with van der Waals surface area (Å²) in [5.74, 6) is 0.0121. The Morgan fingerprint density at radius 2 is 1.69 bits per heavy atom. The van der Waals surface area contributed by atoms with Crippen molar-refractivity contribution >= 4 is 27.5 Å². The van der Waals surface area contributed by atoms with Gasteiger partial charge in [-0.05, 0) is 51.3 Å². The average molecular weight is 518 g/mol. The molecule has 0 bridgehead atoms. The first-order valence-corrected chi connectivity index (χ1v) is 14.1. The van der Waals surface area contributed by atoms with E-state index in [2.05, 4.69) is 5.32 Å². The fourth-order valence-corrected chi connectivity index (χ4v) is 4.73. The smallest absolute Gasteiger partial charge is 0.242 e. The Bertz CT molecular complexity index is 1120. The Morgan fingerprint density at radius 1 is 1.06 bits per heavy atom. The Kier molecular flexibility index (Phi) is 10.8. The molecule has 0 aromatic heterocycles. The number of nitrogens with one attached hydrogen (secondary N) is 1. The summed E-state index contributed by atoms with van der Waals surface area (Å²) in [7, 11) is -2.12. The zero-order valence-corrected chi connectivity index (χ0v) is 23.0.